The van der Waals surface area contributed by atoms with E-state index in [0.717, 1.165) is 21.6 Å². The van der Waals surface area contributed by atoms with Gasteiger partial charge in [0.2, 0.25) is 0 Å². The number of rotatable bonds is 5. The number of hydrogen-bond donors (Lipinski definition) is 1. The zero-order valence-electron chi connectivity index (χ0n) is 17.8. The Morgan fingerprint density at radius 1 is 1.22 bits per heavy atom. The predicted molar refractivity (Wildman–Crippen MR) is 124 cm³/mol. The van der Waals surface area contributed by atoms with Crippen molar-refractivity contribution in [3.05, 3.63) is 85.8 Å². The predicted octanol–water partition coefficient (Wildman–Crippen LogP) is 5.04. The first-order valence-electron chi connectivity index (χ1n) is 9.89. The van der Waals surface area contributed by atoms with Gasteiger partial charge in [-0.05, 0) is 66.2 Å². The molecule has 0 aliphatic carbocycles. The zero-order valence-corrected chi connectivity index (χ0v) is 19.3. The van der Waals surface area contributed by atoms with Crippen LogP contribution in [0.3, 0.4) is 0 Å². The van der Waals surface area contributed by atoms with Gasteiger partial charge in [0.05, 0.1) is 23.3 Å². The second kappa shape index (κ2) is 8.76. The molecule has 164 valence electrons. The lowest BCUT2D eigenvalue weighted by atomic mass is 9.97. The number of halogens is 1. The van der Waals surface area contributed by atoms with Crippen molar-refractivity contribution in [1.82, 2.24) is 9.88 Å². The van der Waals surface area contributed by atoms with E-state index in [1.165, 1.54) is 23.3 Å². The zero-order chi connectivity index (χ0) is 23.0. The number of benzene rings is 1. The van der Waals surface area contributed by atoms with Gasteiger partial charge in [0.25, 0.3) is 11.7 Å². The number of nitrogens with zero attached hydrogens (tertiary/aromatic N) is 2. The van der Waals surface area contributed by atoms with Crippen molar-refractivity contribution in [3.63, 3.8) is 0 Å². The third-order valence-corrected chi connectivity index (χ3v) is 6.79. The second-order valence-corrected chi connectivity index (χ2v) is 8.93. The van der Waals surface area contributed by atoms with E-state index in [1.807, 2.05) is 25.3 Å². The number of pyridine rings is 1. The summed E-state index contributed by atoms with van der Waals surface area (Å²) in [6, 6.07) is 8.18. The fourth-order valence-electron chi connectivity index (χ4n) is 3.92. The second-order valence-electron chi connectivity index (χ2n) is 7.58. The molecule has 0 spiro atoms. The summed E-state index contributed by atoms with van der Waals surface area (Å²) in [5.74, 6) is -1.47. The van der Waals surface area contributed by atoms with Crippen molar-refractivity contribution in [2.45, 2.75) is 26.4 Å². The van der Waals surface area contributed by atoms with Crippen LogP contribution in [-0.4, -0.2) is 33.8 Å². The number of methoxy groups -OCH3 is 1. The molecule has 1 unspecified atom stereocenters. The first-order valence-corrected chi connectivity index (χ1v) is 11.1. The van der Waals surface area contributed by atoms with Crippen molar-refractivity contribution in [2.24, 2.45) is 0 Å². The van der Waals surface area contributed by atoms with E-state index < -0.39 is 17.7 Å². The lowest BCUT2D eigenvalue weighted by Gasteiger charge is -2.25. The molecule has 0 radical (unpaired) electrons. The lowest BCUT2D eigenvalue weighted by molar-refractivity contribution is -0.140. The molecule has 1 aliphatic heterocycles. The molecule has 1 amide bonds. The molecule has 6 nitrogen and oxygen atoms in total. The highest BCUT2D eigenvalue weighted by Crippen LogP contribution is 2.45. The number of aryl methyl sites for hydroxylation is 2. The molecule has 1 N–H and O–H groups in total. The van der Waals surface area contributed by atoms with Gasteiger partial charge in [0.15, 0.2) is 0 Å². The largest absolute Gasteiger partial charge is 0.507 e. The first-order chi connectivity index (χ1) is 15.3. The third kappa shape index (κ3) is 3.78. The van der Waals surface area contributed by atoms with Crippen LogP contribution in [0.25, 0.3) is 5.76 Å². The van der Waals surface area contributed by atoms with E-state index >= 15 is 0 Å². The molecule has 3 aromatic rings. The molecule has 1 aromatic carbocycles. The SMILES string of the molecule is COc1c(Cl)cc(C)cc1/C(O)=C1\C(=O)C(=O)N(Cc2ccncc2)C1c1sccc1C. The van der Waals surface area contributed by atoms with Crippen LogP contribution in [-0.2, 0) is 16.1 Å². The molecule has 1 fully saturated rings. The average Bonchev–Trinajstić information content (AvgIpc) is 3.29. The number of aliphatic hydroxyl groups excluding tert-OH is 1. The normalized spacial score (nSPS) is 17.8. The van der Waals surface area contributed by atoms with Gasteiger partial charge in [-0.1, -0.05) is 11.6 Å². The maximum absolute atomic E-state index is 13.2. The van der Waals surface area contributed by atoms with Gasteiger partial charge >= 0.3 is 0 Å². The number of thiophene rings is 1. The number of amides is 1. The van der Waals surface area contributed by atoms with Crippen LogP contribution in [0.15, 0.2) is 53.7 Å². The molecule has 0 bridgehead atoms. The molecule has 1 saturated heterocycles. The number of hydrogen-bond acceptors (Lipinski definition) is 6. The van der Waals surface area contributed by atoms with Crippen LogP contribution in [0.1, 0.15) is 33.2 Å². The first kappa shape index (κ1) is 22.0. The van der Waals surface area contributed by atoms with Gasteiger partial charge in [-0.15, -0.1) is 11.3 Å². The molecular weight excluding hydrogens is 448 g/mol. The number of ether oxygens (including phenoxy) is 1. The summed E-state index contributed by atoms with van der Waals surface area (Å²) in [6.07, 6.45) is 3.27. The number of carbonyl (C=O) groups excluding carboxylic acids is 2. The number of carbonyl (C=O) groups is 2. The maximum Gasteiger partial charge on any atom is 0.295 e. The van der Waals surface area contributed by atoms with Crippen LogP contribution in [0.4, 0.5) is 0 Å². The van der Waals surface area contributed by atoms with Crippen molar-refractivity contribution < 1.29 is 19.4 Å². The molecule has 0 saturated carbocycles. The van der Waals surface area contributed by atoms with Crippen LogP contribution in [0.2, 0.25) is 5.02 Å². The minimum Gasteiger partial charge on any atom is -0.507 e. The molecular formula is C24H21ClN2O4S. The van der Waals surface area contributed by atoms with E-state index in [2.05, 4.69) is 4.98 Å². The molecule has 32 heavy (non-hydrogen) atoms. The Labute approximate surface area is 194 Å². The fourth-order valence-corrected chi connectivity index (χ4v) is 5.32. The third-order valence-electron chi connectivity index (χ3n) is 5.44. The molecule has 1 aliphatic rings. The lowest BCUT2D eigenvalue weighted by Crippen LogP contribution is -2.29. The highest BCUT2D eigenvalue weighted by molar-refractivity contribution is 7.10. The summed E-state index contributed by atoms with van der Waals surface area (Å²) in [5.41, 5.74) is 2.85. The molecule has 1 atom stereocenters. The van der Waals surface area contributed by atoms with Gasteiger partial charge in [-0.25, -0.2) is 0 Å². The van der Waals surface area contributed by atoms with E-state index in [-0.39, 0.29) is 29.2 Å². The van der Waals surface area contributed by atoms with E-state index in [1.54, 1.807) is 36.7 Å². The van der Waals surface area contributed by atoms with Crippen molar-refractivity contribution in [3.8, 4) is 5.75 Å². The van der Waals surface area contributed by atoms with Crippen molar-refractivity contribution in [2.75, 3.05) is 7.11 Å². The molecule has 3 heterocycles. The Hall–Kier alpha value is -3.16. The standard InChI is InChI=1S/C24H21ClN2O4S/c1-13-10-16(22(31-3)17(25)11-13)20(28)18-19(23-14(2)6-9-32-23)27(24(30)21(18)29)12-15-4-7-26-8-5-15/h4-11,19,28H,12H2,1-3H3/b20-18+. The van der Waals surface area contributed by atoms with E-state index in [9.17, 15) is 14.7 Å². The topological polar surface area (TPSA) is 79.7 Å². The number of aliphatic hydroxyl groups is 1. The van der Waals surface area contributed by atoms with Gasteiger partial charge in [-0.3, -0.25) is 14.6 Å². The number of aromatic nitrogens is 1. The summed E-state index contributed by atoms with van der Waals surface area (Å²) < 4.78 is 5.41. The van der Waals surface area contributed by atoms with Crippen LogP contribution in [0, 0.1) is 13.8 Å². The monoisotopic (exact) mass is 468 g/mol. The number of ketones is 1. The fraction of sp³-hybridized carbons (Fsp3) is 0.208. The summed E-state index contributed by atoms with van der Waals surface area (Å²) in [5, 5.41) is 13.6. The highest BCUT2D eigenvalue weighted by atomic mass is 35.5. The Kier molecular flexibility index (Phi) is 6.04. The Morgan fingerprint density at radius 3 is 2.56 bits per heavy atom. The van der Waals surface area contributed by atoms with Crippen LogP contribution in [0.5, 0.6) is 5.75 Å². The van der Waals surface area contributed by atoms with Crippen molar-refractivity contribution in [1.29, 1.82) is 0 Å². The Bertz CT molecular complexity index is 1240. The maximum atomic E-state index is 13.2. The van der Waals surface area contributed by atoms with Crippen molar-refractivity contribution >= 4 is 40.4 Å². The Balaban J connectivity index is 1.93. The van der Waals surface area contributed by atoms with Gasteiger partial charge in [0, 0.05) is 23.8 Å². The quantitative estimate of drug-likeness (QED) is 0.322. The summed E-state index contributed by atoms with van der Waals surface area (Å²) in [6.45, 7) is 3.95. The summed E-state index contributed by atoms with van der Waals surface area (Å²) >= 11 is 7.76. The van der Waals surface area contributed by atoms with E-state index in [4.69, 9.17) is 16.3 Å². The Morgan fingerprint density at radius 2 is 1.94 bits per heavy atom. The van der Waals surface area contributed by atoms with Gasteiger partial charge in [0.1, 0.15) is 17.6 Å². The molecule has 2 aromatic heterocycles. The number of Topliss-reactive ketones (excluding diaryl/α,β-unsaturated/α-hetero) is 1. The molecule has 8 heteroatoms. The van der Waals surface area contributed by atoms with Gasteiger partial charge < -0.3 is 14.7 Å². The summed E-state index contributed by atoms with van der Waals surface area (Å²) in [4.78, 5) is 32.7. The minimum atomic E-state index is -0.742. The average molecular weight is 469 g/mol. The smallest absolute Gasteiger partial charge is 0.295 e. The number of likely N-dealkylation sites (tertiary alicyclic amines) is 1. The van der Waals surface area contributed by atoms with Gasteiger partial charge in [-0.2, -0.15) is 0 Å². The minimum absolute atomic E-state index is 0.0228. The van der Waals surface area contributed by atoms with E-state index in [0.29, 0.717) is 5.02 Å². The van der Waals surface area contributed by atoms with Crippen LogP contribution < -0.4 is 4.74 Å². The van der Waals surface area contributed by atoms with Crippen LogP contribution >= 0.6 is 22.9 Å². The summed E-state index contributed by atoms with van der Waals surface area (Å²) in [7, 11) is 1.44. The molecule has 4 rings (SSSR count). The highest BCUT2D eigenvalue weighted by Gasteiger charge is 2.47.